The van der Waals surface area contributed by atoms with Crippen LogP contribution in [0.4, 0.5) is 0 Å². The molecule has 2 rings (SSSR count). The molecule has 14 heavy (non-hydrogen) atoms. The highest BCUT2D eigenvalue weighted by atomic mass is 16.5. The van der Waals surface area contributed by atoms with E-state index in [-0.39, 0.29) is 11.5 Å². The highest BCUT2D eigenvalue weighted by Crippen LogP contribution is 2.32. The molecule has 1 heterocycles. The van der Waals surface area contributed by atoms with Gasteiger partial charge in [0.25, 0.3) is 0 Å². The third kappa shape index (κ3) is 1.19. The predicted molar refractivity (Wildman–Crippen MR) is 49.4 cm³/mol. The molecule has 1 aromatic heterocycles. The first-order chi connectivity index (χ1) is 6.72. The van der Waals surface area contributed by atoms with E-state index in [0.717, 1.165) is 0 Å². The van der Waals surface area contributed by atoms with Crippen LogP contribution in [0.5, 0.6) is 17.4 Å². The van der Waals surface area contributed by atoms with Crippen LogP contribution in [0, 0.1) is 0 Å². The number of aromatic nitrogens is 2. The number of methoxy groups -OCH3 is 1. The van der Waals surface area contributed by atoms with Crippen LogP contribution >= 0.6 is 0 Å². The Morgan fingerprint density at radius 2 is 1.86 bits per heavy atom. The van der Waals surface area contributed by atoms with E-state index in [1.54, 1.807) is 0 Å². The average Bonchev–Trinajstić information content (AvgIpc) is 2.19. The van der Waals surface area contributed by atoms with E-state index in [4.69, 9.17) is 4.74 Å². The normalized spacial score (nSPS) is 10.4. The summed E-state index contributed by atoms with van der Waals surface area (Å²) >= 11 is 0. The van der Waals surface area contributed by atoms with Crippen molar-refractivity contribution in [3.05, 3.63) is 18.5 Å². The van der Waals surface area contributed by atoms with E-state index >= 15 is 0 Å². The number of hydrogen-bond acceptors (Lipinski definition) is 5. The third-order valence-corrected chi connectivity index (χ3v) is 1.89. The molecule has 0 aliphatic carbocycles. The van der Waals surface area contributed by atoms with Gasteiger partial charge in [-0.15, -0.1) is 0 Å². The van der Waals surface area contributed by atoms with Crippen molar-refractivity contribution in [3.8, 4) is 17.4 Å². The molecular weight excluding hydrogens is 184 g/mol. The molecule has 2 aromatic rings. The zero-order chi connectivity index (χ0) is 10.1. The fraction of sp³-hybridized carbons (Fsp3) is 0.111. The lowest BCUT2D eigenvalue weighted by molar-refractivity contribution is 0.398. The lowest BCUT2D eigenvalue weighted by Crippen LogP contribution is -1.90. The minimum absolute atomic E-state index is 0.210. The zero-order valence-corrected chi connectivity index (χ0v) is 7.43. The number of aromatic hydroxyl groups is 2. The summed E-state index contributed by atoms with van der Waals surface area (Å²) in [6, 6.07) is 2.72. The van der Waals surface area contributed by atoms with Crippen molar-refractivity contribution in [2.75, 3.05) is 7.11 Å². The van der Waals surface area contributed by atoms with Gasteiger partial charge in [0.15, 0.2) is 11.5 Å². The Morgan fingerprint density at radius 3 is 2.57 bits per heavy atom. The molecule has 0 spiro atoms. The summed E-state index contributed by atoms with van der Waals surface area (Å²) in [5, 5.41) is 19.1. The molecule has 72 valence electrons. The van der Waals surface area contributed by atoms with E-state index in [2.05, 4.69) is 9.97 Å². The van der Waals surface area contributed by atoms with Gasteiger partial charge in [0.2, 0.25) is 5.88 Å². The smallest absolute Gasteiger partial charge is 0.224 e. The first kappa shape index (κ1) is 8.55. The highest BCUT2D eigenvalue weighted by Gasteiger charge is 2.07. The molecule has 0 saturated heterocycles. The Labute approximate surface area is 79.6 Å². The van der Waals surface area contributed by atoms with Crippen LogP contribution in [0.2, 0.25) is 0 Å². The minimum Gasteiger partial charge on any atom is -0.504 e. The molecule has 0 aliphatic heterocycles. The summed E-state index contributed by atoms with van der Waals surface area (Å²) in [6.07, 6.45) is 1.33. The van der Waals surface area contributed by atoms with Gasteiger partial charge < -0.3 is 14.9 Å². The average molecular weight is 192 g/mol. The quantitative estimate of drug-likeness (QED) is 0.660. The first-order valence-corrected chi connectivity index (χ1v) is 3.93. The van der Waals surface area contributed by atoms with Crippen LogP contribution < -0.4 is 4.74 Å². The monoisotopic (exact) mass is 192 g/mol. The molecular formula is C9H8N2O3. The fourth-order valence-electron chi connectivity index (χ4n) is 1.22. The maximum absolute atomic E-state index is 9.28. The standard InChI is InChI=1S/C9H8N2O3/c1-14-9-5-2-7(12)8(13)3-6(5)10-4-11-9/h2-4,12-13H,1H3. The molecule has 2 N–H and O–H groups in total. The van der Waals surface area contributed by atoms with Crippen molar-refractivity contribution in [1.82, 2.24) is 9.97 Å². The molecule has 5 heteroatoms. The van der Waals surface area contributed by atoms with Crippen LogP contribution in [0.15, 0.2) is 18.5 Å². The number of ether oxygens (including phenoxy) is 1. The van der Waals surface area contributed by atoms with Crippen molar-refractivity contribution >= 4 is 10.9 Å². The Bertz CT molecular complexity index is 485. The van der Waals surface area contributed by atoms with Gasteiger partial charge in [-0.2, -0.15) is 0 Å². The lowest BCUT2D eigenvalue weighted by Gasteiger charge is -2.04. The Balaban J connectivity index is 2.81. The van der Waals surface area contributed by atoms with Gasteiger partial charge in [0.05, 0.1) is 18.0 Å². The number of benzene rings is 1. The van der Waals surface area contributed by atoms with E-state index in [0.29, 0.717) is 16.8 Å². The zero-order valence-electron chi connectivity index (χ0n) is 7.43. The van der Waals surface area contributed by atoms with Gasteiger partial charge in [-0.3, -0.25) is 0 Å². The molecule has 0 amide bonds. The number of rotatable bonds is 1. The summed E-state index contributed by atoms with van der Waals surface area (Å²) in [4.78, 5) is 7.80. The van der Waals surface area contributed by atoms with E-state index in [1.807, 2.05) is 0 Å². The number of hydrogen-bond donors (Lipinski definition) is 2. The summed E-state index contributed by atoms with van der Waals surface area (Å²) < 4.78 is 4.98. The van der Waals surface area contributed by atoms with Crippen molar-refractivity contribution in [1.29, 1.82) is 0 Å². The fourth-order valence-corrected chi connectivity index (χ4v) is 1.22. The molecule has 0 fully saturated rings. The van der Waals surface area contributed by atoms with Crippen molar-refractivity contribution < 1.29 is 14.9 Å². The number of phenols is 2. The number of nitrogens with zero attached hydrogens (tertiary/aromatic N) is 2. The van der Waals surface area contributed by atoms with Crippen molar-refractivity contribution in [3.63, 3.8) is 0 Å². The summed E-state index contributed by atoms with van der Waals surface area (Å²) in [6.45, 7) is 0. The van der Waals surface area contributed by atoms with Crippen LogP contribution in [-0.2, 0) is 0 Å². The summed E-state index contributed by atoms with van der Waals surface area (Å²) in [5.74, 6) is -0.0610. The summed E-state index contributed by atoms with van der Waals surface area (Å²) in [7, 11) is 1.48. The highest BCUT2D eigenvalue weighted by molar-refractivity contribution is 5.86. The Hall–Kier alpha value is -2.04. The molecule has 0 saturated carbocycles. The lowest BCUT2D eigenvalue weighted by atomic mass is 10.2. The van der Waals surface area contributed by atoms with E-state index in [1.165, 1.54) is 25.6 Å². The molecule has 0 unspecified atom stereocenters. The Morgan fingerprint density at radius 1 is 1.14 bits per heavy atom. The summed E-state index contributed by atoms with van der Waals surface area (Å²) in [5.41, 5.74) is 0.521. The van der Waals surface area contributed by atoms with Gasteiger partial charge in [0, 0.05) is 6.07 Å². The van der Waals surface area contributed by atoms with E-state index < -0.39 is 0 Å². The Kier molecular flexibility index (Phi) is 1.85. The molecule has 1 aromatic carbocycles. The largest absolute Gasteiger partial charge is 0.504 e. The molecule has 5 nitrogen and oxygen atoms in total. The second-order valence-electron chi connectivity index (χ2n) is 2.74. The van der Waals surface area contributed by atoms with Gasteiger partial charge in [-0.25, -0.2) is 9.97 Å². The molecule has 0 radical (unpaired) electrons. The third-order valence-electron chi connectivity index (χ3n) is 1.89. The predicted octanol–water partition coefficient (Wildman–Crippen LogP) is 1.05. The maximum Gasteiger partial charge on any atom is 0.224 e. The minimum atomic E-state index is -0.217. The molecule has 0 bridgehead atoms. The van der Waals surface area contributed by atoms with Gasteiger partial charge in [0.1, 0.15) is 6.33 Å². The second-order valence-corrected chi connectivity index (χ2v) is 2.74. The van der Waals surface area contributed by atoms with Crippen LogP contribution in [0.1, 0.15) is 0 Å². The van der Waals surface area contributed by atoms with Gasteiger partial charge in [-0.1, -0.05) is 0 Å². The van der Waals surface area contributed by atoms with Crippen molar-refractivity contribution in [2.24, 2.45) is 0 Å². The number of phenolic OH excluding ortho intramolecular Hbond substituents is 2. The SMILES string of the molecule is COc1ncnc2cc(O)c(O)cc12. The van der Waals surface area contributed by atoms with Crippen LogP contribution in [0.3, 0.4) is 0 Å². The van der Waals surface area contributed by atoms with E-state index in [9.17, 15) is 10.2 Å². The van der Waals surface area contributed by atoms with Gasteiger partial charge >= 0.3 is 0 Å². The molecule has 0 atom stereocenters. The van der Waals surface area contributed by atoms with Gasteiger partial charge in [-0.05, 0) is 6.07 Å². The maximum atomic E-state index is 9.28. The van der Waals surface area contributed by atoms with Crippen LogP contribution in [-0.4, -0.2) is 27.3 Å². The molecule has 0 aliphatic rings. The number of fused-ring (bicyclic) bond motifs is 1. The topological polar surface area (TPSA) is 75.5 Å². The van der Waals surface area contributed by atoms with Crippen LogP contribution in [0.25, 0.3) is 10.9 Å². The second kappa shape index (κ2) is 3.02. The first-order valence-electron chi connectivity index (χ1n) is 3.93. The van der Waals surface area contributed by atoms with Crippen molar-refractivity contribution in [2.45, 2.75) is 0 Å².